The molecule has 0 aliphatic heterocycles. The highest BCUT2D eigenvalue weighted by atomic mass is 15.3. The summed E-state index contributed by atoms with van der Waals surface area (Å²) in [6.07, 6.45) is 3.30. The van der Waals surface area contributed by atoms with E-state index in [0.717, 1.165) is 43.0 Å². The summed E-state index contributed by atoms with van der Waals surface area (Å²) in [4.78, 5) is 8.27. The molecule has 0 unspecified atom stereocenters. The molecule has 0 aliphatic carbocycles. The average molecular weight is 274 g/mol. The van der Waals surface area contributed by atoms with Crippen molar-refractivity contribution < 1.29 is 0 Å². The van der Waals surface area contributed by atoms with E-state index in [1.165, 1.54) is 12.0 Å². The van der Waals surface area contributed by atoms with Gasteiger partial charge in [0, 0.05) is 24.3 Å². The Hall–Kier alpha value is -2.11. The first-order valence-corrected chi connectivity index (χ1v) is 6.96. The van der Waals surface area contributed by atoms with Crippen LogP contribution >= 0.6 is 0 Å². The minimum atomic E-state index is 0.559. The summed E-state index contributed by atoms with van der Waals surface area (Å²) in [6, 6.07) is 2.09. The molecule has 0 aromatic carbocycles. The molecule has 2 heterocycles. The van der Waals surface area contributed by atoms with Crippen LogP contribution in [0.1, 0.15) is 30.3 Å². The van der Waals surface area contributed by atoms with E-state index < -0.39 is 0 Å². The maximum atomic E-state index is 5.84. The van der Waals surface area contributed by atoms with Crippen LogP contribution in [0.15, 0.2) is 12.4 Å². The number of nitrogens with one attached hydrogen (secondary N) is 1. The van der Waals surface area contributed by atoms with E-state index >= 15 is 0 Å². The summed E-state index contributed by atoms with van der Waals surface area (Å²) < 4.78 is 2.03. The number of rotatable bonds is 6. The summed E-state index contributed by atoms with van der Waals surface area (Å²) >= 11 is 0. The molecule has 0 saturated carbocycles. The molecule has 0 atom stereocenters. The molecule has 0 saturated heterocycles. The van der Waals surface area contributed by atoms with Crippen molar-refractivity contribution in [1.29, 1.82) is 0 Å². The highest BCUT2D eigenvalue weighted by Gasteiger charge is 2.06. The molecule has 3 N–H and O–H groups in total. The van der Waals surface area contributed by atoms with Gasteiger partial charge >= 0.3 is 0 Å². The zero-order chi connectivity index (χ0) is 14.5. The Morgan fingerprint density at radius 2 is 2.10 bits per heavy atom. The predicted molar refractivity (Wildman–Crippen MR) is 80.6 cm³/mol. The maximum Gasteiger partial charge on any atom is 0.134 e. The molecule has 0 radical (unpaired) electrons. The first-order valence-electron chi connectivity index (χ1n) is 6.96. The van der Waals surface area contributed by atoms with Crippen LogP contribution in [0.5, 0.6) is 0 Å². The second-order valence-corrected chi connectivity index (χ2v) is 4.87. The molecule has 6 heteroatoms. The second-order valence-electron chi connectivity index (χ2n) is 4.87. The molecular formula is C14H22N6. The number of nitrogens with two attached hydrogens (primary N) is 1. The van der Waals surface area contributed by atoms with Crippen molar-refractivity contribution in [3.63, 3.8) is 0 Å². The van der Waals surface area contributed by atoms with Crippen molar-refractivity contribution in [2.24, 2.45) is 0 Å². The third-order valence-corrected chi connectivity index (χ3v) is 3.27. The Morgan fingerprint density at radius 3 is 2.75 bits per heavy atom. The quantitative estimate of drug-likeness (QED) is 0.787. The molecule has 2 aromatic heterocycles. The second kappa shape index (κ2) is 6.36. The van der Waals surface area contributed by atoms with Crippen LogP contribution in [0.25, 0.3) is 0 Å². The van der Waals surface area contributed by atoms with E-state index in [0.29, 0.717) is 5.82 Å². The van der Waals surface area contributed by atoms with Gasteiger partial charge in [0.05, 0.1) is 5.69 Å². The zero-order valence-electron chi connectivity index (χ0n) is 12.3. The van der Waals surface area contributed by atoms with Crippen molar-refractivity contribution in [2.45, 2.75) is 40.2 Å². The number of hydrogen-bond acceptors (Lipinski definition) is 5. The van der Waals surface area contributed by atoms with Gasteiger partial charge in [-0.2, -0.15) is 5.10 Å². The molecule has 0 bridgehead atoms. The van der Waals surface area contributed by atoms with Crippen LogP contribution in [-0.4, -0.2) is 26.3 Å². The minimum Gasteiger partial charge on any atom is -0.383 e. The van der Waals surface area contributed by atoms with Gasteiger partial charge < -0.3 is 11.1 Å². The fourth-order valence-electron chi connectivity index (χ4n) is 2.26. The summed E-state index contributed by atoms with van der Waals surface area (Å²) in [7, 11) is 0. The van der Waals surface area contributed by atoms with Crippen molar-refractivity contribution in [2.75, 3.05) is 17.6 Å². The van der Waals surface area contributed by atoms with Gasteiger partial charge in [-0.3, -0.25) is 4.68 Å². The number of nitrogen functional groups attached to an aromatic ring is 1. The number of aryl methyl sites for hydroxylation is 3. The molecule has 20 heavy (non-hydrogen) atoms. The molecule has 2 aromatic rings. The zero-order valence-corrected chi connectivity index (χ0v) is 12.3. The lowest BCUT2D eigenvalue weighted by Gasteiger charge is -2.11. The lowest BCUT2D eigenvalue weighted by atomic mass is 10.2. The Labute approximate surface area is 119 Å². The summed E-state index contributed by atoms with van der Waals surface area (Å²) in [5.74, 6) is 1.40. The number of aromatic nitrogens is 4. The monoisotopic (exact) mass is 274 g/mol. The third kappa shape index (κ3) is 3.26. The van der Waals surface area contributed by atoms with Gasteiger partial charge in [-0.05, 0) is 32.8 Å². The summed E-state index contributed by atoms with van der Waals surface area (Å²) in [6.45, 7) is 7.87. The number of nitrogens with zero attached hydrogens (tertiary/aromatic N) is 4. The number of anilines is 2. The first-order chi connectivity index (χ1) is 9.61. The van der Waals surface area contributed by atoms with Crippen LogP contribution in [0.2, 0.25) is 0 Å². The normalized spacial score (nSPS) is 10.8. The fourth-order valence-corrected chi connectivity index (χ4v) is 2.26. The first kappa shape index (κ1) is 14.3. The van der Waals surface area contributed by atoms with E-state index in [-0.39, 0.29) is 0 Å². The maximum absolute atomic E-state index is 5.84. The Bertz CT molecular complexity index is 575. The molecule has 108 valence electrons. The third-order valence-electron chi connectivity index (χ3n) is 3.27. The van der Waals surface area contributed by atoms with Gasteiger partial charge in [0.1, 0.15) is 18.0 Å². The van der Waals surface area contributed by atoms with Gasteiger partial charge in [-0.1, -0.05) is 6.92 Å². The molecule has 6 nitrogen and oxygen atoms in total. The van der Waals surface area contributed by atoms with Gasteiger partial charge in [0.2, 0.25) is 0 Å². The molecule has 0 amide bonds. The van der Waals surface area contributed by atoms with Crippen LogP contribution in [0.3, 0.4) is 0 Å². The van der Waals surface area contributed by atoms with E-state index in [1.54, 1.807) is 0 Å². The molecule has 0 spiro atoms. The van der Waals surface area contributed by atoms with E-state index in [4.69, 9.17) is 5.73 Å². The molecule has 2 rings (SSSR count). The largest absolute Gasteiger partial charge is 0.383 e. The highest BCUT2D eigenvalue weighted by molar-refractivity contribution is 5.54. The minimum absolute atomic E-state index is 0.559. The Balaban J connectivity index is 1.87. The number of hydrogen-bond donors (Lipinski definition) is 2. The highest BCUT2D eigenvalue weighted by Crippen LogP contribution is 2.17. The summed E-state index contributed by atoms with van der Waals surface area (Å²) in [5, 5.41) is 7.78. The summed E-state index contributed by atoms with van der Waals surface area (Å²) in [5.41, 5.74) is 9.09. The Kier molecular flexibility index (Phi) is 4.55. The predicted octanol–water partition coefficient (Wildman–Crippen LogP) is 1.94. The average Bonchev–Trinajstić information content (AvgIpc) is 2.73. The van der Waals surface area contributed by atoms with Crippen molar-refractivity contribution >= 4 is 11.6 Å². The van der Waals surface area contributed by atoms with Crippen LogP contribution in [-0.2, 0) is 13.0 Å². The lowest BCUT2D eigenvalue weighted by Crippen LogP contribution is -2.12. The van der Waals surface area contributed by atoms with Gasteiger partial charge in [-0.15, -0.1) is 0 Å². The fraction of sp³-hybridized carbons (Fsp3) is 0.500. The van der Waals surface area contributed by atoms with E-state index in [1.807, 2.05) is 11.6 Å². The van der Waals surface area contributed by atoms with Gasteiger partial charge in [-0.25, -0.2) is 9.97 Å². The SMILES string of the molecule is CCc1c(N)ncnc1NCCCn1nc(C)cc1C. The standard InChI is InChI=1S/C14H22N6/c1-4-12-13(15)17-9-18-14(12)16-6-5-7-20-11(3)8-10(2)19-20/h8-9H,4-7H2,1-3H3,(H3,15,16,17,18). The van der Waals surface area contributed by atoms with E-state index in [9.17, 15) is 0 Å². The van der Waals surface area contributed by atoms with Crippen LogP contribution < -0.4 is 11.1 Å². The lowest BCUT2D eigenvalue weighted by molar-refractivity contribution is 0.573. The van der Waals surface area contributed by atoms with E-state index in [2.05, 4.69) is 40.3 Å². The van der Waals surface area contributed by atoms with Crippen molar-refractivity contribution in [3.8, 4) is 0 Å². The Morgan fingerprint density at radius 1 is 1.30 bits per heavy atom. The molecule has 0 fully saturated rings. The smallest absolute Gasteiger partial charge is 0.134 e. The molecular weight excluding hydrogens is 252 g/mol. The van der Waals surface area contributed by atoms with Crippen molar-refractivity contribution in [1.82, 2.24) is 19.7 Å². The van der Waals surface area contributed by atoms with Crippen LogP contribution in [0, 0.1) is 13.8 Å². The van der Waals surface area contributed by atoms with Crippen molar-refractivity contribution in [3.05, 3.63) is 29.3 Å². The van der Waals surface area contributed by atoms with Gasteiger partial charge in [0.15, 0.2) is 0 Å². The molecule has 0 aliphatic rings. The topological polar surface area (TPSA) is 81.6 Å². The van der Waals surface area contributed by atoms with Gasteiger partial charge in [0.25, 0.3) is 0 Å². The van der Waals surface area contributed by atoms with Crippen LogP contribution in [0.4, 0.5) is 11.6 Å².